The zero-order valence-electron chi connectivity index (χ0n) is 9.99. The van der Waals surface area contributed by atoms with Gasteiger partial charge in [0.05, 0.1) is 23.1 Å². The van der Waals surface area contributed by atoms with Gasteiger partial charge in [-0.15, -0.1) is 5.10 Å². The standard InChI is InChI=1S/C13H13N5/c1-9(14)11-8-18(17-16-11)12-6-2-4-10-5-3-7-15-13(10)12/h2-9H,14H2,1H3. The molecule has 0 aliphatic heterocycles. The second-order valence-corrected chi connectivity index (χ2v) is 4.23. The maximum atomic E-state index is 5.79. The first-order valence-corrected chi connectivity index (χ1v) is 5.77. The number of nitrogens with zero attached hydrogens (tertiary/aromatic N) is 4. The Bertz CT molecular complexity index is 681. The molecule has 0 saturated carbocycles. The van der Waals surface area contributed by atoms with Crippen LogP contribution in [0.25, 0.3) is 16.6 Å². The molecular formula is C13H13N5. The van der Waals surface area contributed by atoms with E-state index in [9.17, 15) is 0 Å². The van der Waals surface area contributed by atoms with Crippen LogP contribution >= 0.6 is 0 Å². The highest BCUT2D eigenvalue weighted by molar-refractivity contribution is 5.85. The minimum absolute atomic E-state index is 0.123. The predicted molar refractivity (Wildman–Crippen MR) is 69.3 cm³/mol. The topological polar surface area (TPSA) is 69.6 Å². The Hall–Kier alpha value is -2.27. The third-order valence-corrected chi connectivity index (χ3v) is 2.84. The zero-order valence-corrected chi connectivity index (χ0v) is 9.99. The zero-order chi connectivity index (χ0) is 12.5. The minimum atomic E-state index is -0.123. The summed E-state index contributed by atoms with van der Waals surface area (Å²) in [6.45, 7) is 1.88. The Kier molecular flexibility index (Phi) is 2.53. The van der Waals surface area contributed by atoms with Crippen molar-refractivity contribution in [3.05, 3.63) is 48.4 Å². The number of fused-ring (bicyclic) bond motifs is 1. The molecule has 1 atom stereocenters. The molecule has 0 radical (unpaired) electrons. The molecule has 90 valence electrons. The summed E-state index contributed by atoms with van der Waals surface area (Å²) in [5.41, 5.74) is 8.37. The Morgan fingerprint density at radius 2 is 2.06 bits per heavy atom. The molecule has 0 aliphatic carbocycles. The summed E-state index contributed by atoms with van der Waals surface area (Å²) in [7, 11) is 0. The molecule has 0 aliphatic rings. The van der Waals surface area contributed by atoms with Gasteiger partial charge < -0.3 is 5.73 Å². The average molecular weight is 239 g/mol. The summed E-state index contributed by atoms with van der Waals surface area (Å²) in [6.07, 6.45) is 3.61. The summed E-state index contributed by atoms with van der Waals surface area (Å²) in [4.78, 5) is 4.39. The van der Waals surface area contributed by atoms with Crippen LogP contribution in [0.2, 0.25) is 0 Å². The van der Waals surface area contributed by atoms with Crippen LogP contribution in [0.4, 0.5) is 0 Å². The van der Waals surface area contributed by atoms with Crippen molar-refractivity contribution < 1.29 is 0 Å². The van der Waals surface area contributed by atoms with E-state index >= 15 is 0 Å². The van der Waals surface area contributed by atoms with Gasteiger partial charge in [0, 0.05) is 17.6 Å². The molecule has 0 fully saturated rings. The minimum Gasteiger partial charge on any atom is -0.323 e. The predicted octanol–water partition coefficient (Wildman–Crippen LogP) is 1.84. The molecule has 3 rings (SSSR count). The van der Waals surface area contributed by atoms with Crippen LogP contribution in [0.1, 0.15) is 18.7 Å². The van der Waals surface area contributed by atoms with E-state index in [1.54, 1.807) is 10.9 Å². The molecule has 1 unspecified atom stereocenters. The van der Waals surface area contributed by atoms with Crippen molar-refractivity contribution in [1.29, 1.82) is 0 Å². The van der Waals surface area contributed by atoms with Crippen molar-refractivity contribution in [1.82, 2.24) is 20.0 Å². The van der Waals surface area contributed by atoms with E-state index < -0.39 is 0 Å². The number of hydrogen-bond acceptors (Lipinski definition) is 4. The highest BCUT2D eigenvalue weighted by atomic mass is 15.4. The van der Waals surface area contributed by atoms with Gasteiger partial charge in [0.1, 0.15) is 0 Å². The Labute approximate surface area is 104 Å². The molecule has 0 bridgehead atoms. The van der Waals surface area contributed by atoms with Crippen LogP contribution < -0.4 is 5.73 Å². The van der Waals surface area contributed by atoms with Crippen LogP contribution in [0, 0.1) is 0 Å². The number of aromatic nitrogens is 4. The van der Waals surface area contributed by atoms with Crippen LogP contribution in [-0.2, 0) is 0 Å². The van der Waals surface area contributed by atoms with Crippen molar-refractivity contribution in [2.24, 2.45) is 5.73 Å². The molecule has 5 nitrogen and oxygen atoms in total. The van der Waals surface area contributed by atoms with E-state index in [2.05, 4.69) is 15.3 Å². The molecule has 3 aromatic rings. The lowest BCUT2D eigenvalue weighted by Gasteiger charge is -2.04. The first kappa shape index (κ1) is 10.9. The monoisotopic (exact) mass is 239 g/mol. The molecule has 0 saturated heterocycles. The SMILES string of the molecule is CC(N)c1cn(-c2cccc3cccnc23)nn1. The molecule has 0 amide bonds. The fourth-order valence-electron chi connectivity index (χ4n) is 1.88. The Balaban J connectivity index is 2.18. The lowest BCUT2D eigenvalue weighted by Crippen LogP contribution is -2.04. The summed E-state index contributed by atoms with van der Waals surface area (Å²) in [5.74, 6) is 0. The molecule has 0 spiro atoms. The van der Waals surface area contributed by atoms with Gasteiger partial charge >= 0.3 is 0 Å². The number of para-hydroxylation sites is 1. The van der Waals surface area contributed by atoms with Crippen LogP contribution in [0.15, 0.2) is 42.7 Å². The van der Waals surface area contributed by atoms with E-state index in [1.165, 1.54) is 0 Å². The van der Waals surface area contributed by atoms with Gasteiger partial charge in [-0.25, -0.2) is 4.68 Å². The van der Waals surface area contributed by atoms with Gasteiger partial charge in [0.15, 0.2) is 0 Å². The molecule has 2 aromatic heterocycles. The Morgan fingerprint density at radius 3 is 2.83 bits per heavy atom. The van der Waals surface area contributed by atoms with Crippen molar-refractivity contribution in [2.45, 2.75) is 13.0 Å². The Morgan fingerprint density at radius 1 is 1.22 bits per heavy atom. The van der Waals surface area contributed by atoms with E-state index in [1.807, 2.05) is 43.5 Å². The molecular weight excluding hydrogens is 226 g/mol. The maximum Gasteiger partial charge on any atom is 0.0995 e. The summed E-state index contributed by atoms with van der Waals surface area (Å²) >= 11 is 0. The summed E-state index contributed by atoms with van der Waals surface area (Å²) < 4.78 is 1.72. The van der Waals surface area contributed by atoms with E-state index in [4.69, 9.17) is 5.73 Å². The van der Waals surface area contributed by atoms with E-state index in [0.717, 1.165) is 22.3 Å². The van der Waals surface area contributed by atoms with Gasteiger partial charge in [-0.3, -0.25) is 4.98 Å². The maximum absolute atomic E-state index is 5.79. The molecule has 2 N–H and O–H groups in total. The van der Waals surface area contributed by atoms with E-state index in [0.29, 0.717) is 0 Å². The largest absolute Gasteiger partial charge is 0.323 e. The first-order chi connectivity index (χ1) is 8.75. The number of rotatable bonds is 2. The number of nitrogens with two attached hydrogens (primary N) is 1. The van der Waals surface area contributed by atoms with Gasteiger partial charge in [-0.05, 0) is 19.1 Å². The van der Waals surface area contributed by atoms with Gasteiger partial charge in [-0.1, -0.05) is 23.4 Å². The lowest BCUT2D eigenvalue weighted by atomic mass is 10.2. The van der Waals surface area contributed by atoms with Crippen molar-refractivity contribution in [3.63, 3.8) is 0 Å². The molecule has 2 heterocycles. The third-order valence-electron chi connectivity index (χ3n) is 2.84. The summed E-state index contributed by atoms with van der Waals surface area (Å²) in [6, 6.07) is 9.79. The fourth-order valence-corrected chi connectivity index (χ4v) is 1.88. The molecule has 5 heteroatoms. The lowest BCUT2D eigenvalue weighted by molar-refractivity contribution is 0.757. The second-order valence-electron chi connectivity index (χ2n) is 4.23. The van der Waals surface area contributed by atoms with Crippen molar-refractivity contribution in [2.75, 3.05) is 0 Å². The van der Waals surface area contributed by atoms with Crippen LogP contribution in [-0.4, -0.2) is 20.0 Å². The first-order valence-electron chi connectivity index (χ1n) is 5.77. The second kappa shape index (κ2) is 4.19. The summed E-state index contributed by atoms with van der Waals surface area (Å²) in [5, 5.41) is 9.24. The van der Waals surface area contributed by atoms with Crippen molar-refractivity contribution >= 4 is 10.9 Å². The highest BCUT2D eigenvalue weighted by Crippen LogP contribution is 2.19. The van der Waals surface area contributed by atoms with Crippen LogP contribution in [0.5, 0.6) is 0 Å². The van der Waals surface area contributed by atoms with Gasteiger partial charge in [-0.2, -0.15) is 0 Å². The van der Waals surface area contributed by atoms with Gasteiger partial charge in [0.25, 0.3) is 0 Å². The molecule has 1 aromatic carbocycles. The number of pyridine rings is 1. The fraction of sp³-hybridized carbons (Fsp3) is 0.154. The average Bonchev–Trinajstić information content (AvgIpc) is 2.87. The van der Waals surface area contributed by atoms with E-state index in [-0.39, 0.29) is 6.04 Å². The third kappa shape index (κ3) is 1.74. The number of hydrogen-bond donors (Lipinski definition) is 1. The highest BCUT2D eigenvalue weighted by Gasteiger charge is 2.09. The normalized spacial score (nSPS) is 12.8. The quantitative estimate of drug-likeness (QED) is 0.740. The van der Waals surface area contributed by atoms with Crippen LogP contribution in [0.3, 0.4) is 0 Å². The smallest absolute Gasteiger partial charge is 0.0995 e. The number of benzene rings is 1. The van der Waals surface area contributed by atoms with Crippen molar-refractivity contribution in [3.8, 4) is 5.69 Å². The van der Waals surface area contributed by atoms with Gasteiger partial charge in [0.2, 0.25) is 0 Å². The molecule has 18 heavy (non-hydrogen) atoms.